The topological polar surface area (TPSA) is 42.4 Å². The van der Waals surface area contributed by atoms with E-state index < -0.39 is 5.60 Å². The van der Waals surface area contributed by atoms with Crippen molar-refractivity contribution in [2.24, 2.45) is 5.92 Å². The van der Waals surface area contributed by atoms with Gasteiger partial charge in [-0.1, -0.05) is 19.9 Å². The van der Waals surface area contributed by atoms with Crippen LogP contribution in [0.15, 0.2) is 24.4 Å². The maximum absolute atomic E-state index is 10.6. The van der Waals surface area contributed by atoms with E-state index in [-0.39, 0.29) is 6.10 Å². The van der Waals surface area contributed by atoms with Crippen molar-refractivity contribution in [2.45, 2.75) is 44.8 Å². The summed E-state index contributed by atoms with van der Waals surface area (Å²) in [7, 11) is 0. The lowest BCUT2D eigenvalue weighted by molar-refractivity contribution is -0.116. The predicted octanol–water partition coefficient (Wildman–Crippen LogP) is 2.19. The number of hydrogen-bond acceptors (Lipinski definition) is 3. The summed E-state index contributed by atoms with van der Waals surface area (Å²) in [4.78, 5) is 4.29. The van der Waals surface area contributed by atoms with Gasteiger partial charge < -0.3 is 9.84 Å². The Morgan fingerprint density at radius 2 is 2.35 bits per heavy atom. The van der Waals surface area contributed by atoms with Gasteiger partial charge in [-0.15, -0.1) is 0 Å². The summed E-state index contributed by atoms with van der Waals surface area (Å²) in [5.41, 5.74) is 0.307. The number of nitrogens with zero attached hydrogens (tertiary/aromatic N) is 1. The Hall–Kier alpha value is -0.930. The van der Waals surface area contributed by atoms with Crippen molar-refractivity contribution in [3.63, 3.8) is 0 Å². The Morgan fingerprint density at radius 3 is 3.00 bits per heavy atom. The van der Waals surface area contributed by atoms with Gasteiger partial charge in [0.1, 0.15) is 0 Å². The van der Waals surface area contributed by atoms with E-state index in [2.05, 4.69) is 18.8 Å². The lowest BCUT2D eigenvalue weighted by Gasteiger charge is -2.38. The van der Waals surface area contributed by atoms with Crippen LogP contribution in [0.2, 0.25) is 0 Å². The van der Waals surface area contributed by atoms with Crippen LogP contribution in [-0.2, 0) is 11.2 Å². The molecule has 2 unspecified atom stereocenters. The molecule has 94 valence electrons. The Kier molecular flexibility index (Phi) is 3.79. The summed E-state index contributed by atoms with van der Waals surface area (Å²) in [5, 5.41) is 10.6. The molecule has 17 heavy (non-hydrogen) atoms. The van der Waals surface area contributed by atoms with Gasteiger partial charge in [-0.2, -0.15) is 0 Å². The smallest absolute Gasteiger partial charge is 0.0749 e. The van der Waals surface area contributed by atoms with Gasteiger partial charge in [-0.05, 0) is 24.5 Å². The number of pyridine rings is 1. The second kappa shape index (κ2) is 5.15. The fourth-order valence-corrected chi connectivity index (χ4v) is 2.36. The summed E-state index contributed by atoms with van der Waals surface area (Å²) >= 11 is 0. The molecule has 0 saturated carbocycles. The zero-order valence-electron chi connectivity index (χ0n) is 10.6. The molecule has 1 aromatic heterocycles. The molecule has 0 aromatic carbocycles. The molecule has 2 atom stereocenters. The van der Waals surface area contributed by atoms with E-state index in [1.807, 2.05) is 18.2 Å². The molecule has 0 bridgehead atoms. The molecule has 0 aliphatic carbocycles. The van der Waals surface area contributed by atoms with E-state index in [0.717, 1.165) is 5.69 Å². The van der Waals surface area contributed by atoms with Crippen LogP contribution in [0.4, 0.5) is 0 Å². The number of hydrogen-bond donors (Lipinski definition) is 1. The Balaban J connectivity index is 2.03. The standard InChI is InChI=1S/C14H21NO2/c1-11(2)13-10-14(16,6-8-17-13)9-12-5-3-4-7-15-12/h3-5,7,11,13,16H,6,8-10H2,1-2H3. The van der Waals surface area contributed by atoms with Crippen LogP contribution in [0.1, 0.15) is 32.4 Å². The lowest BCUT2D eigenvalue weighted by Crippen LogP contribution is -2.44. The first-order chi connectivity index (χ1) is 8.09. The zero-order valence-corrected chi connectivity index (χ0v) is 10.6. The average molecular weight is 235 g/mol. The van der Waals surface area contributed by atoms with Crippen LogP contribution in [0.5, 0.6) is 0 Å². The van der Waals surface area contributed by atoms with Crippen molar-refractivity contribution in [1.29, 1.82) is 0 Å². The first kappa shape index (κ1) is 12.5. The highest BCUT2D eigenvalue weighted by molar-refractivity contribution is 5.08. The number of aromatic nitrogens is 1. The molecule has 1 aromatic rings. The highest BCUT2D eigenvalue weighted by atomic mass is 16.5. The monoisotopic (exact) mass is 235 g/mol. The minimum atomic E-state index is -0.651. The molecule has 1 saturated heterocycles. The molecule has 0 spiro atoms. The average Bonchev–Trinajstić information content (AvgIpc) is 2.29. The lowest BCUT2D eigenvalue weighted by atomic mass is 9.83. The van der Waals surface area contributed by atoms with Crippen LogP contribution in [-0.4, -0.2) is 28.4 Å². The molecule has 1 fully saturated rings. The molecule has 1 N–H and O–H groups in total. The highest BCUT2D eigenvalue weighted by Gasteiger charge is 2.36. The molecule has 1 aliphatic rings. The van der Waals surface area contributed by atoms with Gasteiger partial charge in [0.05, 0.1) is 11.7 Å². The Labute approximate surface area is 103 Å². The first-order valence-corrected chi connectivity index (χ1v) is 6.33. The first-order valence-electron chi connectivity index (χ1n) is 6.33. The summed E-state index contributed by atoms with van der Waals surface area (Å²) < 4.78 is 5.69. The van der Waals surface area contributed by atoms with Gasteiger partial charge in [-0.3, -0.25) is 4.98 Å². The van der Waals surface area contributed by atoms with Gasteiger partial charge in [0, 0.05) is 31.3 Å². The third-order valence-corrected chi connectivity index (χ3v) is 3.46. The second-order valence-electron chi connectivity index (χ2n) is 5.33. The van der Waals surface area contributed by atoms with Crippen molar-refractivity contribution in [3.05, 3.63) is 30.1 Å². The maximum atomic E-state index is 10.6. The zero-order chi connectivity index (χ0) is 12.3. The van der Waals surface area contributed by atoms with Crippen molar-refractivity contribution in [1.82, 2.24) is 4.98 Å². The molecule has 0 radical (unpaired) electrons. The van der Waals surface area contributed by atoms with Crippen molar-refractivity contribution < 1.29 is 9.84 Å². The van der Waals surface area contributed by atoms with E-state index >= 15 is 0 Å². The Morgan fingerprint density at radius 1 is 1.53 bits per heavy atom. The van der Waals surface area contributed by atoms with Gasteiger partial charge in [-0.25, -0.2) is 0 Å². The van der Waals surface area contributed by atoms with Crippen molar-refractivity contribution in [2.75, 3.05) is 6.61 Å². The van der Waals surface area contributed by atoms with Gasteiger partial charge in [0.15, 0.2) is 0 Å². The van der Waals surface area contributed by atoms with E-state index in [0.29, 0.717) is 31.8 Å². The number of ether oxygens (including phenoxy) is 1. The van der Waals surface area contributed by atoms with Crippen LogP contribution in [0, 0.1) is 5.92 Å². The molecule has 2 heterocycles. The summed E-state index contributed by atoms with van der Waals surface area (Å²) in [6.45, 7) is 4.92. The van der Waals surface area contributed by atoms with Crippen LogP contribution >= 0.6 is 0 Å². The van der Waals surface area contributed by atoms with Crippen LogP contribution in [0.25, 0.3) is 0 Å². The van der Waals surface area contributed by atoms with Crippen LogP contribution in [0.3, 0.4) is 0 Å². The highest BCUT2D eigenvalue weighted by Crippen LogP contribution is 2.30. The largest absolute Gasteiger partial charge is 0.389 e. The number of rotatable bonds is 3. The quantitative estimate of drug-likeness (QED) is 0.873. The van der Waals surface area contributed by atoms with E-state index in [9.17, 15) is 5.11 Å². The minimum Gasteiger partial charge on any atom is -0.389 e. The summed E-state index contributed by atoms with van der Waals surface area (Å²) in [6.07, 6.45) is 3.98. The third-order valence-electron chi connectivity index (χ3n) is 3.46. The maximum Gasteiger partial charge on any atom is 0.0749 e. The van der Waals surface area contributed by atoms with Crippen molar-refractivity contribution in [3.8, 4) is 0 Å². The Bertz CT molecular complexity index is 352. The van der Waals surface area contributed by atoms with Crippen LogP contribution < -0.4 is 0 Å². The van der Waals surface area contributed by atoms with E-state index in [1.54, 1.807) is 6.20 Å². The van der Waals surface area contributed by atoms with E-state index in [1.165, 1.54) is 0 Å². The van der Waals surface area contributed by atoms with Gasteiger partial charge in [0.2, 0.25) is 0 Å². The molecule has 2 rings (SSSR count). The fourth-order valence-electron chi connectivity index (χ4n) is 2.36. The van der Waals surface area contributed by atoms with E-state index in [4.69, 9.17) is 4.74 Å². The number of aliphatic hydroxyl groups is 1. The predicted molar refractivity (Wildman–Crippen MR) is 66.7 cm³/mol. The molecular formula is C14H21NO2. The summed E-state index contributed by atoms with van der Waals surface area (Å²) in [5.74, 6) is 0.450. The third kappa shape index (κ3) is 3.27. The molecular weight excluding hydrogens is 214 g/mol. The normalized spacial score (nSPS) is 29.5. The summed E-state index contributed by atoms with van der Waals surface area (Å²) in [6, 6.07) is 5.83. The van der Waals surface area contributed by atoms with Crippen molar-refractivity contribution >= 4 is 0 Å². The molecule has 3 heteroatoms. The minimum absolute atomic E-state index is 0.164. The molecule has 1 aliphatic heterocycles. The van der Waals surface area contributed by atoms with Gasteiger partial charge in [0.25, 0.3) is 0 Å². The second-order valence-corrected chi connectivity index (χ2v) is 5.33. The molecule has 0 amide bonds. The van der Waals surface area contributed by atoms with Gasteiger partial charge >= 0.3 is 0 Å². The SMILES string of the molecule is CC(C)C1CC(O)(Cc2ccccn2)CCO1. The molecule has 3 nitrogen and oxygen atoms in total. The fraction of sp³-hybridized carbons (Fsp3) is 0.643.